The van der Waals surface area contributed by atoms with E-state index in [0.29, 0.717) is 5.56 Å². The first-order valence-corrected chi connectivity index (χ1v) is 4.20. The molecular formula is C8H9BrFNO. The van der Waals surface area contributed by atoms with Gasteiger partial charge in [0.2, 0.25) is 0 Å². The van der Waals surface area contributed by atoms with E-state index in [2.05, 4.69) is 20.8 Å². The van der Waals surface area contributed by atoms with Gasteiger partial charge in [0.25, 0.3) is 0 Å². The van der Waals surface area contributed by atoms with Crippen LogP contribution in [0.25, 0.3) is 0 Å². The first-order valence-electron chi connectivity index (χ1n) is 3.41. The van der Waals surface area contributed by atoms with E-state index in [1.54, 1.807) is 6.07 Å². The van der Waals surface area contributed by atoms with Crippen LogP contribution in [0.15, 0.2) is 16.6 Å². The van der Waals surface area contributed by atoms with Gasteiger partial charge in [0.1, 0.15) is 5.82 Å². The monoisotopic (exact) mass is 233 g/mol. The third kappa shape index (κ3) is 2.03. The molecule has 0 heterocycles. The highest BCUT2D eigenvalue weighted by atomic mass is 79.9. The lowest BCUT2D eigenvalue weighted by molar-refractivity contribution is 0.121. The topological polar surface area (TPSA) is 35.2 Å². The Morgan fingerprint density at radius 1 is 1.58 bits per heavy atom. The molecule has 0 aliphatic heterocycles. The van der Waals surface area contributed by atoms with E-state index in [1.165, 1.54) is 6.07 Å². The maximum atomic E-state index is 13.1. The zero-order valence-corrected chi connectivity index (χ0v) is 8.19. The Morgan fingerprint density at radius 2 is 2.25 bits per heavy atom. The fourth-order valence-electron chi connectivity index (χ4n) is 0.888. The van der Waals surface area contributed by atoms with Gasteiger partial charge in [0.15, 0.2) is 0 Å². The molecule has 1 aromatic carbocycles. The van der Waals surface area contributed by atoms with Crippen molar-refractivity contribution in [2.75, 3.05) is 0 Å². The van der Waals surface area contributed by atoms with E-state index in [1.807, 2.05) is 6.92 Å². The van der Waals surface area contributed by atoms with E-state index in [0.717, 1.165) is 10.0 Å². The van der Waals surface area contributed by atoms with Crippen molar-refractivity contribution in [2.24, 2.45) is 5.90 Å². The summed E-state index contributed by atoms with van der Waals surface area (Å²) in [5, 5.41) is 0. The van der Waals surface area contributed by atoms with Crippen molar-refractivity contribution in [3.8, 4) is 0 Å². The van der Waals surface area contributed by atoms with Gasteiger partial charge in [-0.1, -0.05) is 15.9 Å². The van der Waals surface area contributed by atoms with Crippen LogP contribution in [-0.2, 0) is 11.4 Å². The average molecular weight is 234 g/mol. The molecule has 0 unspecified atom stereocenters. The smallest absolute Gasteiger partial charge is 0.129 e. The highest BCUT2D eigenvalue weighted by molar-refractivity contribution is 9.10. The van der Waals surface area contributed by atoms with Crippen molar-refractivity contribution in [2.45, 2.75) is 13.5 Å². The Labute approximate surface area is 78.6 Å². The normalized spacial score (nSPS) is 10.3. The van der Waals surface area contributed by atoms with Crippen LogP contribution in [-0.4, -0.2) is 0 Å². The van der Waals surface area contributed by atoms with Crippen LogP contribution in [0.4, 0.5) is 4.39 Å². The van der Waals surface area contributed by atoms with Crippen molar-refractivity contribution in [1.82, 2.24) is 0 Å². The summed E-state index contributed by atoms with van der Waals surface area (Å²) in [6.45, 7) is 1.91. The molecule has 4 heteroatoms. The number of halogens is 2. The first-order chi connectivity index (χ1) is 5.65. The van der Waals surface area contributed by atoms with Gasteiger partial charge < -0.3 is 0 Å². The molecule has 0 atom stereocenters. The number of hydrogen-bond donors (Lipinski definition) is 1. The highest BCUT2D eigenvalue weighted by Crippen LogP contribution is 2.20. The number of rotatable bonds is 2. The third-order valence-electron chi connectivity index (χ3n) is 1.57. The van der Waals surface area contributed by atoms with E-state index in [9.17, 15) is 4.39 Å². The molecule has 12 heavy (non-hydrogen) atoms. The molecule has 0 fully saturated rings. The number of hydrogen-bond acceptors (Lipinski definition) is 2. The second kappa shape index (κ2) is 3.98. The minimum Gasteiger partial charge on any atom is -0.300 e. The standard InChI is InChI=1S/C8H9BrFNO/c1-5-2-8(10)6(4-12-11)3-7(5)9/h2-3H,4,11H2,1H3. The summed E-state index contributed by atoms with van der Waals surface area (Å²) >= 11 is 3.29. The molecule has 0 saturated carbocycles. The Hall–Kier alpha value is -0.450. The van der Waals surface area contributed by atoms with E-state index >= 15 is 0 Å². The zero-order valence-electron chi connectivity index (χ0n) is 6.60. The molecule has 0 aromatic heterocycles. The van der Waals surface area contributed by atoms with Crippen LogP contribution in [0.1, 0.15) is 11.1 Å². The molecule has 2 N–H and O–H groups in total. The summed E-state index contributed by atoms with van der Waals surface area (Å²) in [6, 6.07) is 3.11. The molecule has 0 spiro atoms. The lowest BCUT2D eigenvalue weighted by Crippen LogP contribution is -2.01. The van der Waals surface area contributed by atoms with Gasteiger partial charge in [0.05, 0.1) is 6.61 Å². The number of aryl methyl sites for hydroxylation is 1. The van der Waals surface area contributed by atoms with Crippen molar-refractivity contribution in [3.05, 3.63) is 33.5 Å². The van der Waals surface area contributed by atoms with Gasteiger partial charge in [0, 0.05) is 10.0 Å². The molecule has 1 rings (SSSR count). The maximum Gasteiger partial charge on any atom is 0.129 e. The van der Waals surface area contributed by atoms with E-state index in [-0.39, 0.29) is 12.4 Å². The summed E-state index contributed by atoms with van der Waals surface area (Å²) in [7, 11) is 0. The van der Waals surface area contributed by atoms with Gasteiger partial charge in [-0.2, -0.15) is 0 Å². The first kappa shape index (κ1) is 9.64. The van der Waals surface area contributed by atoms with Crippen molar-refractivity contribution >= 4 is 15.9 Å². The SMILES string of the molecule is Cc1cc(F)c(CON)cc1Br. The molecule has 66 valence electrons. The average Bonchev–Trinajstić information content (AvgIpc) is 2.01. The number of benzene rings is 1. The van der Waals surface area contributed by atoms with Crippen molar-refractivity contribution < 1.29 is 9.23 Å². The van der Waals surface area contributed by atoms with Gasteiger partial charge in [-0.25, -0.2) is 10.3 Å². The van der Waals surface area contributed by atoms with E-state index in [4.69, 9.17) is 5.90 Å². The molecule has 0 bridgehead atoms. The van der Waals surface area contributed by atoms with Crippen LogP contribution in [0.3, 0.4) is 0 Å². The lowest BCUT2D eigenvalue weighted by atomic mass is 10.1. The summed E-state index contributed by atoms with van der Waals surface area (Å²) < 4.78 is 13.9. The van der Waals surface area contributed by atoms with Crippen LogP contribution < -0.4 is 5.90 Å². The van der Waals surface area contributed by atoms with Crippen LogP contribution in [0.5, 0.6) is 0 Å². The molecule has 0 aliphatic carbocycles. The summed E-state index contributed by atoms with van der Waals surface area (Å²) in [5.74, 6) is 4.54. The minimum absolute atomic E-state index is 0.0880. The number of nitrogens with two attached hydrogens (primary N) is 1. The van der Waals surface area contributed by atoms with Crippen LogP contribution in [0, 0.1) is 12.7 Å². The summed E-state index contributed by atoms with van der Waals surface area (Å²) in [5.41, 5.74) is 1.31. The predicted octanol–water partition coefficient (Wildman–Crippen LogP) is 2.29. The fourth-order valence-corrected chi connectivity index (χ4v) is 1.28. The lowest BCUT2D eigenvalue weighted by Gasteiger charge is -2.04. The van der Waals surface area contributed by atoms with E-state index < -0.39 is 0 Å². The van der Waals surface area contributed by atoms with Gasteiger partial charge in [-0.15, -0.1) is 0 Å². The molecule has 0 amide bonds. The third-order valence-corrected chi connectivity index (χ3v) is 2.42. The molecule has 0 saturated heterocycles. The second-order valence-corrected chi connectivity index (χ2v) is 3.36. The molecule has 0 aliphatic rings. The Morgan fingerprint density at radius 3 is 2.83 bits per heavy atom. The molecule has 0 radical (unpaired) electrons. The highest BCUT2D eigenvalue weighted by Gasteiger charge is 2.04. The van der Waals surface area contributed by atoms with Crippen molar-refractivity contribution in [3.63, 3.8) is 0 Å². The molecular weight excluding hydrogens is 225 g/mol. The largest absolute Gasteiger partial charge is 0.300 e. The van der Waals surface area contributed by atoms with Gasteiger partial charge in [-0.05, 0) is 24.6 Å². The Bertz CT molecular complexity index is 291. The predicted molar refractivity (Wildman–Crippen MR) is 47.8 cm³/mol. The Balaban J connectivity index is 3.05. The molecule has 2 nitrogen and oxygen atoms in total. The minimum atomic E-state index is -0.291. The van der Waals surface area contributed by atoms with Crippen LogP contribution >= 0.6 is 15.9 Å². The second-order valence-electron chi connectivity index (χ2n) is 2.50. The van der Waals surface area contributed by atoms with Gasteiger partial charge >= 0.3 is 0 Å². The Kier molecular flexibility index (Phi) is 3.20. The quantitative estimate of drug-likeness (QED) is 0.796. The summed E-state index contributed by atoms with van der Waals surface area (Å²) in [4.78, 5) is 4.34. The van der Waals surface area contributed by atoms with Gasteiger partial charge in [-0.3, -0.25) is 4.84 Å². The fraction of sp³-hybridized carbons (Fsp3) is 0.250. The summed E-state index contributed by atoms with van der Waals surface area (Å²) in [6.07, 6.45) is 0. The maximum absolute atomic E-state index is 13.1. The molecule has 1 aromatic rings. The zero-order chi connectivity index (χ0) is 9.14. The van der Waals surface area contributed by atoms with Crippen molar-refractivity contribution in [1.29, 1.82) is 0 Å². The van der Waals surface area contributed by atoms with Crippen LogP contribution in [0.2, 0.25) is 0 Å².